The molecule has 0 spiro atoms. The maximum absolute atomic E-state index is 11.7. The van der Waals surface area contributed by atoms with E-state index >= 15 is 0 Å². The number of carboxylic acids is 1. The summed E-state index contributed by atoms with van der Waals surface area (Å²) in [5.41, 5.74) is 0. The minimum absolute atomic E-state index is 0.245. The number of hydrogen-bond donors (Lipinski definition) is 3. The van der Waals surface area contributed by atoms with E-state index in [1.807, 2.05) is 6.08 Å². The van der Waals surface area contributed by atoms with Crippen molar-refractivity contribution in [2.45, 2.75) is 90.2 Å². The highest BCUT2D eigenvalue weighted by Gasteiger charge is 2.24. The SMILES string of the molecule is CCCCCC=CCC=CCC=CCC=CCCCC(=O)NC(C(=O)O)C(C)O. The molecule has 0 aromatic heterocycles. The molecular formula is C24H39NO4. The second-order valence-corrected chi connectivity index (χ2v) is 7.10. The summed E-state index contributed by atoms with van der Waals surface area (Å²) < 4.78 is 0. The molecule has 0 aromatic carbocycles. The third kappa shape index (κ3) is 17.7. The van der Waals surface area contributed by atoms with Crippen molar-refractivity contribution in [3.05, 3.63) is 48.6 Å². The molecule has 0 heterocycles. The Kier molecular flexibility index (Phi) is 17.8. The standard InChI is InChI=1S/C24H39NO4/c1-3-4-5-6-7-8-9-10-11-12-13-14-15-16-17-18-19-20-22(27)25-23(21(2)26)24(28)29/h7-8,10-11,13-14,16-17,21,23,26H,3-6,9,12,15,18-20H2,1-2H3,(H,25,27)(H,28,29). The summed E-state index contributed by atoms with van der Waals surface area (Å²) in [6.07, 6.45) is 25.6. The first kappa shape index (κ1) is 26.9. The number of aliphatic hydroxyl groups excluding tert-OH is 1. The summed E-state index contributed by atoms with van der Waals surface area (Å²) >= 11 is 0. The fraction of sp³-hybridized carbons (Fsp3) is 0.583. The molecular weight excluding hydrogens is 366 g/mol. The van der Waals surface area contributed by atoms with Gasteiger partial charge in [0, 0.05) is 6.42 Å². The van der Waals surface area contributed by atoms with Crippen molar-refractivity contribution < 1.29 is 19.8 Å². The first-order valence-corrected chi connectivity index (χ1v) is 10.8. The lowest BCUT2D eigenvalue weighted by atomic mass is 10.1. The molecule has 0 aliphatic carbocycles. The lowest BCUT2D eigenvalue weighted by Crippen LogP contribution is -2.47. The van der Waals surface area contributed by atoms with Gasteiger partial charge in [0.15, 0.2) is 6.04 Å². The van der Waals surface area contributed by atoms with E-state index in [4.69, 9.17) is 5.11 Å². The molecule has 0 saturated heterocycles. The molecule has 0 radical (unpaired) electrons. The van der Waals surface area contributed by atoms with Crippen LogP contribution >= 0.6 is 0 Å². The van der Waals surface area contributed by atoms with Gasteiger partial charge in [-0.3, -0.25) is 4.79 Å². The van der Waals surface area contributed by atoms with Gasteiger partial charge in [-0.1, -0.05) is 68.4 Å². The molecule has 3 N–H and O–H groups in total. The van der Waals surface area contributed by atoms with Crippen LogP contribution in [0.25, 0.3) is 0 Å². The lowest BCUT2D eigenvalue weighted by Gasteiger charge is -2.16. The lowest BCUT2D eigenvalue weighted by molar-refractivity contribution is -0.144. The highest BCUT2D eigenvalue weighted by atomic mass is 16.4. The molecule has 0 rings (SSSR count). The molecule has 0 fully saturated rings. The molecule has 0 aliphatic heterocycles. The number of unbranched alkanes of at least 4 members (excludes halogenated alkanes) is 4. The Bertz CT molecular complexity index is 547. The topological polar surface area (TPSA) is 86.6 Å². The number of carbonyl (C=O) groups excluding carboxylic acids is 1. The number of carbonyl (C=O) groups is 2. The minimum Gasteiger partial charge on any atom is -0.480 e. The van der Waals surface area contributed by atoms with Crippen LogP contribution in [0.15, 0.2) is 48.6 Å². The van der Waals surface area contributed by atoms with Crippen LogP contribution in [0, 0.1) is 0 Å². The smallest absolute Gasteiger partial charge is 0.328 e. The monoisotopic (exact) mass is 405 g/mol. The first-order chi connectivity index (χ1) is 14.0. The second kappa shape index (κ2) is 19.2. The normalized spacial score (nSPS) is 14.3. The van der Waals surface area contributed by atoms with Gasteiger partial charge in [0.2, 0.25) is 5.91 Å². The Balaban J connectivity index is 3.69. The number of hydrogen-bond acceptors (Lipinski definition) is 3. The molecule has 0 aromatic rings. The summed E-state index contributed by atoms with van der Waals surface area (Å²) in [6, 6.07) is -1.25. The Morgan fingerprint density at radius 2 is 1.31 bits per heavy atom. The van der Waals surface area contributed by atoms with E-state index < -0.39 is 18.1 Å². The Morgan fingerprint density at radius 1 is 0.828 bits per heavy atom. The molecule has 0 aliphatic rings. The largest absolute Gasteiger partial charge is 0.480 e. The maximum Gasteiger partial charge on any atom is 0.328 e. The molecule has 0 saturated carbocycles. The highest BCUT2D eigenvalue weighted by Crippen LogP contribution is 2.02. The summed E-state index contributed by atoms with van der Waals surface area (Å²) in [6.45, 7) is 3.57. The van der Waals surface area contributed by atoms with Gasteiger partial charge in [-0.2, -0.15) is 0 Å². The van der Waals surface area contributed by atoms with Crippen LogP contribution in [0.5, 0.6) is 0 Å². The van der Waals surface area contributed by atoms with E-state index in [1.165, 1.54) is 32.6 Å². The summed E-state index contributed by atoms with van der Waals surface area (Å²) in [5.74, 6) is -1.58. The van der Waals surface area contributed by atoms with Crippen LogP contribution in [-0.2, 0) is 9.59 Å². The average molecular weight is 406 g/mol. The number of aliphatic carboxylic acids is 1. The van der Waals surface area contributed by atoms with Crippen molar-refractivity contribution in [1.29, 1.82) is 0 Å². The van der Waals surface area contributed by atoms with Gasteiger partial charge in [0.25, 0.3) is 0 Å². The van der Waals surface area contributed by atoms with Gasteiger partial charge in [-0.25, -0.2) is 4.79 Å². The fourth-order valence-corrected chi connectivity index (χ4v) is 2.58. The predicted molar refractivity (Wildman–Crippen MR) is 120 cm³/mol. The molecule has 0 bridgehead atoms. The number of nitrogens with one attached hydrogen (secondary N) is 1. The second-order valence-electron chi connectivity index (χ2n) is 7.10. The van der Waals surface area contributed by atoms with Crippen molar-refractivity contribution in [3.8, 4) is 0 Å². The minimum atomic E-state index is -1.25. The molecule has 1 amide bonds. The number of carboxylic acid groups (broad SMARTS) is 1. The van der Waals surface area contributed by atoms with Gasteiger partial charge in [-0.15, -0.1) is 0 Å². The number of allylic oxidation sites excluding steroid dienone is 8. The van der Waals surface area contributed by atoms with Crippen molar-refractivity contribution >= 4 is 11.9 Å². The predicted octanol–water partition coefficient (Wildman–Crippen LogP) is 5.08. The van der Waals surface area contributed by atoms with Crippen LogP contribution in [0.2, 0.25) is 0 Å². The van der Waals surface area contributed by atoms with E-state index in [0.717, 1.165) is 25.7 Å². The third-order valence-electron chi connectivity index (χ3n) is 4.30. The van der Waals surface area contributed by atoms with E-state index in [9.17, 15) is 14.7 Å². The van der Waals surface area contributed by atoms with E-state index in [2.05, 4.69) is 54.8 Å². The van der Waals surface area contributed by atoms with Gasteiger partial charge < -0.3 is 15.5 Å². The van der Waals surface area contributed by atoms with Crippen molar-refractivity contribution in [2.24, 2.45) is 0 Å². The van der Waals surface area contributed by atoms with Crippen molar-refractivity contribution in [3.63, 3.8) is 0 Å². The zero-order valence-electron chi connectivity index (χ0n) is 18.1. The molecule has 5 nitrogen and oxygen atoms in total. The molecule has 2 unspecified atom stereocenters. The number of amides is 1. The maximum atomic E-state index is 11.7. The molecule has 2 atom stereocenters. The quantitative estimate of drug-likeness (QED) is 0.233. The van der Waals surface area contributed by atoms with E-state index in [-0.39, 0.29) is 12.3 Å². The number of rotatable bonds is 17. The van der Waals surface area contributed by atoms with Crippen LogP contribution in [0.1, 0.15) is 78.1 Å². The Hall–Kier alpha value is -2.14. The first-order valence-electron chi connectivity index (χ1n) is 10.8. The Labute approximate surface area is 176 Å². The van der Waals surface area contributed by atoms with Crippen molar-refractivity contribution in [1.82, 2.24) is 5.32 Å². The van der Waals surface area contributed by atoms with Gasteiger partial charge >= 0.3 is 5.97 Å². The van der Waals surface area contributed by atoms with Gasteiger partial charge in [0.1, 0.15) is 0 Å². The van der Waals surface area contributed by atoms with Gasteiger partial charge in [0.05, 0.1) is 6.10 Å². The van der Waals surface area contributed by atoms with Crippen molar-refractivity contribution in [2.75, 3.05) is 0 Å². The Morgan fingerprint density at radius 3 is 1.76 bits per heavy atom. The van der Waals surface area contributed by atoms with E-state index in [0.29, 0.717) is 6.42 Å². The van der Waals surface area contributed by atoms with Gasteiger partial charge in [-0.05, 0) is 51.9 Å². The van der Waals surface area contributed by atoms with Crippen LogP contribution in [-0.4, -0.2) is 34.2 Å². The molecule has 29 heavy (non-hydrogen) atoms. The van der Waals surface area contributed by atoms with Crippen LogP contribution in [0.3, 0.4) is 0 Å². The van der Waals surface area contributed by atoms with E-state index in [1.54, 1.807) is 0 Å². The highest BCUT2D eigenvalue weighted by molar-refractivity contribution is 5.83. The summed E-state index contributed by atoms with van der Waals surface area (Å²) in [5, 5.41) is 20.6. The third-order valence-corrected chi connectivity index (χ3v) is 4.30. The number of aliphatic hydroxyl groups is 1. The molecule has 5 heteroatoms. The zero-order valence-corrected chi connectivity index (χ0v) is 18.1. The fourth-order valence-electron chi connectivity index (χ4n) is 2.58. The summed E-state index contributed by atoms with van der Waals surface area (Å²) in [4.78, 5) is 22.6. The molecule has 164 valence electrons. The van der Waals surface area contributed by atoms with Crippen LogP contribution in [0.4, 0.5) is 0 Å². The average Bonchev–Trinajstić information content (AvgIpc) is 2.68. The zero-order chi connectivity index (χ0) is 21.7. The van der Waals surface area contributed by atoms with Crippen LogP contribution < -0.4 is 5.32 Å². The summed E-state index contributed by atoms with van der Waals surface area (Å²) in [7, 11) is 0.